The molecule has 0 saturated heterocycles. The Kier molecular flexibility index (Phi) is 7.47. The van der Waals surface area contributed by atoms with Gasteiger partial charge in [-0.25, -0.2) is 13.8 Å². The summed E-state index contributed by atoms with van der Waals surface area (Å²) in [6.07, 6.45) is 2.80. The molecule has 1 N–H and O–H groups in total. The normalized spacial score (nSPS) is 11.0. The van der Waals surface area contributed by atoms with Crippen LogP contribution in [-0.4, -0.2) is 35.0 Å². The van der Waals surface area contributed by atoms with Crippen LogP contribution in [0.15, 0.2) is 65.7 Å². The number of methoxy groups -OCH3 is 2. The van der Waals surface area contributed by atoms with Crippen LogP contribution >= 0.6 is 0 Å². The quantitative estimate of drug-likeness (QED) is 0.230. The lowest BCUT2D eigenvalue weighted by Gasteiger charge is -2.13. The summed E-state index contributed by atoms with van der Waals surface area (Å²) in [6, 6.07) is 11.5. The van der Waals surface area contributed by atoms with E-state index in [4.69, 9.17) is 14.2 Å². The van der Waals surface area contributed by atoms with Crippen LogP contribution in [-0.2, 0) is 6.42 Å². The highest BCUT2D eigenvalue weighted by atomic mass is 19.1. The second-order valence-electron chi connectivity index (χ2n) is 9.32. The maximum atomic E-state index is 15.1. The van der Waals surface area contributed by atoms with Gasteiger partial charge < -0.3 is 19.2 Å². The number of aromatic nitrogens is 3. The van der Waals surface area contributed by atoms with Crippen LogP contribution < -0.4 is 19.6 Å². The number of ether oxygens (including phenoxy) is 3. The third kappa shape index (κ3) is 5.36. The summed E-state index contributed by atoms with van der Waals surface area (Å²) in [7, 11) is 2.84. The maximum Gasteiger partial charge on any atom is 0.200 e. The molecule has 0 radical (unpaired) electrons. The van der Waals surface area contributed by atoms with Gasteiger partial charge in [0, 0.05) is 41.7 Å². The molecule has 3 heterocycles. The molecule has 0 bridgehead atoms. The number of hydrogen-bond acceptors (Lipinski definition) is 7. The monoisotopic (exact) mass is 557 g/mol. The number of aromatic amines is 1. The van der Waals surface area contributed by atoms with E-state index in [0.717, 1.165) is 0 Å². The minimum atomic E-state index is -0.692. The Balaban J connectivity index is 1.42. The van der Waals surface area contributed by atoms with Gasteiger partial charge >= 0.3 is 0 Å². The van der Waals surface area contributed by atoms with Gasteiger partial charge in [-0.3, -0.25) is 14.6 Å². The summed E-state index contributed by atoms with van der Waals surface area (Å²) in [5.74, 6) is -1.03. The van der Waals surface area contributed by atoms with Gasteiger partial charge in [-0.2, -0.15) is 0 Å². The highest BCUT2D eigenvalue weighted by Gasteiger charge is 2.22. The molecule has 0 aliphatic heterocycles. The number of carbonyl (C=O) groups excluding carboxylic acids is 1. The molecule has 3 aromatic heterocycles. The molecule has 5 rings (SSSR count). The molecule has 10 heteroatoms. The van der Waals surface area contributed by atoms with Crippen LogP contribution in [0.5, 0.6) is 23.0 Å². The molecule has 0 saturated carbocycles. The zero-order chi connectivity index (χ0) is 29.3. The number of fused-ring (bicyclic) bond motifs is 1. The molecule has 0 fully saturated rings. The fourth-order valence-corrected chi connectivity index (χ4v) is 4.68. The van der Waals surface area contributed by atoms with E-state index in [1.165, 1.54) is 56.9 Å². The first-order chi connectivity index (χ1) is 19.7. The van der Waals surface area contributed by atoms with E-state index in [1.807, 2.05) is 0 Å². The number of H-pyrrole nitrogens is 1. The molecule has 2 aromatic carbocycles. The topological polar surface area (TPSA) is 103 Å². The van der Waals surface area contributed by atoms with E-state index >= 15 is 4.39 Å². The fraction of sp³-hybridized carbons (Fsp3) is 0.161. The van der Waals surface area contributed by atoms with Crippen molar-refractivity contribution < 1.29 is 27.8 Å². The minimum absolute atomic E-state index is 0.0252. The molecule has 208 valence electrons. The Labute approximate surface area is 233 Å². The predicted octanol–water partition coefficient (Wildman–Crippen LogP) is 6.12. The minimum Gasteiger partial charge on any atom is -0.495 e. The van der Waals surface area contributed by atoms with Gasteiger partial charge in [-0.1, -0.05) is 12.1 Å². The summed E-state index contributed by atoms with van der Waals surface area (Å²) in [5, 5.41) is 0. The zero-order valence-electron chi connectivity index (χ0n) is 22.7. The van der Waals surface area contributed by atoms with Gasteiger partial charge in [0.15, 0.2) is 34.7 Å². The van der Waals surface area contributed by atoms with E-state index in [2.05, 4.69) is 15.0 Å². The van der Waals surface area contributed by atoms with Crippen molar-refractivity contribution >= 4 is 16.8 Å². The van der Waals surface area contributed by atoms with Gasteiger partial charge in [0.05, 0.1) is 31.5 Å². The lowest BCUT2D eigenvalue weighted by atomic mass is 9.95. The lowest BCUT2D eigenvalue weighted by Crippen LogP contribution is -2.23. The second-order valence-corrected chi connectivity index (χ2v) is 9.32. The first-order valence-electron chi connectivity index (χ1n) is 12.6. The number of Topliss-reactive ketones (excluding diaryl/α,β-unsaturated/α-hetero) is 1. The summed E-state index contributed by atoms with van der Waals surface area (Å²) in [6.45, 7) is 3.32. The number of carbonyl (C=O) groups is 1. The Hall–Kier alpha value is -5.12. The molecule has 0 spiro atoms. The van der Waals surface area contributed by atoms with Crippen LogP contribution in [0.25, 0.3) is 22.2 Å². The Morgan fingerprint density at radius 2 is 1.68 bits per heavy atom. The summed E-state index contributed by atoms with van der Waals surface area (Å²) in [4.78, 5) is 38.4. The molecule has 0 amide bonds. The largest absolute Gasteiger partial charge is 0.495 e. The van der Waals surface area contributed by atoms with Crippen molar-refractivity contribution in [2.75, 3.05) is 14.2 Å². The highest BCUT2D eigenvalue weighted by Crippen LogP contribution is 2.31. The smallest absolute Gasteiger partial charge is 0.200 e. The zero-order valence-corrected chi connectivity index (χ0v) is 22.7. The first-order valence-corrected chi connectivity index (χ1v) is 12.6. The summed E-state index contributed by atoms with van der Waals surface area (Å²) >= 11 is 0. The van der Waals surface area contributed by atoms with Crippen LogP contribution in [0.1, 0.15) is 27.3 Å². The predicted molar refractivity (Wildman–Crippen MR) is 149 cm³/mol. The number of nitrogens with zero attached hydrogens (tertiary/aromatic N) is 2. The van der Waals surface area contributed by atoms with Crippen molar-refractivity contribution in [1.29, 1.82) is 0 Å². The van der Waals surface area contributed by atoms with Crippen molar-refractivity contribution in [3.63, 3.8) is 0 Å². The number of hydrogen-bond donors (Lipinski definition) is 1. The van der Waals surface area contributed by atoms with Crippen molar-refractivity contribution in [3.05, 3.63) is 105 Å². The summed E-state index contributed by atoms with van der Waals surface area (Å²) in [5.41, 5.74) is 2.25. The average molecular weight is 558 g/mol. The highest BCUT2D eigenvalue weighted by molar-refractivity contribution is 5.99. The molecule has 0 aliphatic rings. The number of halogens is 2. The number of pyridine rings is 3. The standard InChI is InChI=1S/C31H25F2N3O5/c1-16-28(19-6-7-21(32)27(13-19)40-4)31(38)29(17(2)36-16)24(37)12-18-5-8-25(22(33)11-18)41-26-9-10-34-23-14-20(39-3)15-35-30(23)26/h5-11,13-15H,12H2,1-4H3,(H,36,38). The number of aryl methyl sites for hydroxylation is 2. The number of nitrogens with one attached hydrogen (secondary N) is 1. The van der Waals surface area contributed by atoms with Gasteiger partial charge in [0.1, 0.15) is 11.3 Å². The van der Waals surface area contributed by atoms with Crippen molar-refractivity contribution in [3.8, 4) is 34.1 Å². The number of rotatable bonds is 8. The van der Waals surface area contributed by atoms with Crippen molar-refractivity contribution in [2.45, 2.75) is 20.3 Å². The maximum absolute atomic E-state index is 15.1. The molecule has 41 heavy (non-hydrogen) atoms. The van der Waals surface area contributed by atoms with Crippen LogP contribution in [0.3, 0.4) is 0 Å². The first kappa shape index (κ1) is 27.4. The van der Waals surface area contributed by atoms with Crippen LogP contribution in [0, 0.1) is 25.5 Å². The third-order valence-corrected chi connectivity index (χ3v) is 6.63. The fourth-order valence-electron chi connectivity index (χ4n) is 4.68. The Bertz CT molecular complexity index is 1870. The molecular formula is C31H25F2N3O5. The van der Waals surface area contributed by atoms with E-state index in [-0.39, 0.29) is 29.0 Å². The second kappa shape index (κ2) is 11.2. The van der Waals surface area contributed by atoms with Crippen molar-refractivity contribution in [2.24, 2.45) is 0 Å². The van der Waals surface area contributed by atoms with E-state index in [1.54, 1.807) is 32.0 Å². The van der Waals surface area contributed by atoms with Crippen molar-refractivity contribution in [1.82, 2.24) is 15.0 Å². The molecule has 0 atom stereocenters. The Morgan fingerprint density at radius 1 is 0.878 bits per heavy atom. The molecular weight excluding hydrogens is 532 g/mol. The molecule has 5 aromatic rings. The summed E-state index contributed by atoms with van der Waals surface area (Å²) < 4.78 is 45.1. The molecule has 8 nitrogen and oxygen atoms in total. The van der Waals surface area contributed by atoms with Crippen LogP contribution in [0.4, 0.5) is 8.78 Å². The molecule has 0 unspecified atom stereocenters. The van der Waals surface area contributed by atoms with E-state index in [0.29, 0.717) is 45.0 Å². The number of ketones is 1. The Morgan fingerprint density at radius 3 is 2.41 bits per heavy atom. The third-order valence-electron chi connectivity index (χ3n) is 6.63. The van der Waals surface area contributed by atoms with E-state index < -0.39 is 22.8 Å². The van der Waals surface area contributed by atoms with E-state index in [9.17, 15) is 14.0 Å². The lowest BCUT2D eigenvalue weighted by molar-refractivity contribution is 0.0991. The number of benzene rings is 2. The van der Waals surface area contributed by atoms with Gasteiger partial charge in [-0.15, -0.1) is 0 Å². The molecule has 0 aliphatic carbocycles. The average Bonchev–Trinajstić information content (AvgIpc) is 2.94. The van der Waals surface area contributed by atoms with Crippen LogP contribution in [0.2, 0.25) is 0 Å². The van der Waals surface area contributed by atoms with Gasteiger partial charge in [-0.05, 0) is 49.2 Å². The van der Waals surface area contributed by atoms with Gasteiger partial charge in [0.25, 0.3) is 0 Å². The van der Waals surface area contributed by atoms with Gasteiger partial charge in [0.2, 0.25) is 5.43 Å². The SMILES string of the molecule is COc1cnc2c(Oc3ccc(CC(=O)c4c(C)[nH]c(C)c(-c5ccc(F)c(OC)c5)c4=O)cc3F)ccnc2c1.